The van der Waals surface area contributed by atoms with Crippen LogP contribution in [0.15, 0.2) is 103 Å². The van der Waals surface area contributed by atoms with Crippen molar-refractivity contribution in [2.45, 2.75) is 33.4 Å². The molecular formula is C42H40Cl2FN3O4. The van der Waals surface area contributed by atoms with E-state index in [4.69, 9.17) is 37.4 Å². The molecule has 0 radical (unpaired) electrons. The zero-order valence-corrected chi connectivity index (χ0v) is 30.7. The molecule has 0 saturated carbocycles. The molecule has 7 nitrogen and oxygen atoms in total. The second-order valence-corrected chi connectivity index (χ2v) is 13.5. The molecule has 1 fully saturated rings. The largest absolute Gasteiger partial charge is 0.493 e. The fraction of sp³-hybridized carbons (Fsp3) is 0.238. The van der Waals surface area contributed by atoms with E-state index in [9.17, 15) is 9.18 Å². The van der Waals surface area contributed by atoms with Crippen LogP contribution >= 0.6 is 23.2 Å². The van der Waals surface area contributed by atoms with Crippen LogP contribution in [0.5, 0.6) is 23.1 Å². The number of pyridine rings is 1. The summed E-state index contributed by atoms with van der Waals surface area (Å²) < 4.78 is 31.4. The van der Waals surface area contributed by atoms with Crippen LogP contribution in [0.25, 0.3) is 6.08 Å². The molecule has 0 bridgehead atoms. The van der Waals surface area contributed by atoms with E-state index < -0.39 is 0 Å². The van der Waals surface area contributed by atoms with Gasteiger partial charge in [-0.1, -0.05) is 59.6 Å². The number of benzene rings is 4. The third-order valence-electron chi connectivity index (χ3n) is 8.95. The molecule has 10 heteroatoms. The molecule has 268 valence electrons. The standard InChI is InChI=1S/C42H40Cl2FN3O4/c1-29-24-33(25-38(44)42(29)52-40-16-15-37(26-46-40)51-28-34-4-3-5-39(45)30(34)2)10-17-41(49)48-21-19-47(20-22-48)27-32-8-6-31(7-9-32)18-23-50-36-13-11-35(43)12-14-36/h3-17,24-26H,18-23,27-28H2,1-2H3/b17-10+. The number of aryl methyl sites for hydroxylation is 1. The van der Waals surface area contributed by atoms with Gasteiger partial charge in [0.2, 0.25) is 11.8 Å². The van der Waals surface area contributed by atoms with Crippen molar-refractivity contribution in [3.05, 3.63) is 153 Å². The molecular weight excluding hydrogens is 700 g/mol. The van der Waals surface area contributed by atoms with Crippen molar-refractivity contribution in [1.29, 1.82) is 0 Å². The van der Waals surface area contributed by atoms with Gasteiger partial charge in [-0.25, -0.2) is 9.37 Å². The number of ether oxygens (including phenoxy) is 3. The van der Waals surface area contributed by atoms with Gasteiger partial charge in [0.1, 0.15) is 23.9 Å². The third-order valence-corrected chi connectivity index (χ3v) is 9.48. The molecule has 1 aliphatic heterocycles. The quantitative estimate of drug-likeness (QED) is 0.112. The van der Waals surface area contributed by atoms with E-state index in [0.29, 0.717) is 52.7 Å². The van der Waals surface area contributed by atoms with Gasteiger partial charge in [-0.15, -0.1) is 0 Å². The van der Waals surface area contributed by atoms with Gasteiger partial charge in [-0.2, -0.15) is 0 Å². The van der Waals surface area contributed by atoms with E-state index in [1.807, 2.05) is 48.2 Å². The summed E-state index contributed by atoms with van der Waals surface area (Å²) in [5, 5.41) is 1.10. The van der Waals surface area contributed by atoms with Gasteiger partial charge in [0.25, 0.3) is 0 Å². The lowest BCUT2D eigenvalue weighted by Crippen LogP contribution is -2.47. The molecule has 1 saturated heterocycles. The summed E-state index contributed by atoms with van der Waals surface area (Å²) in [6.07, 6.45) is 5.76. The Bertz CT molecular complexity index is 1970. The van der Waals surface area contributed by atoms with Gasteiger partial charge < -0.3 is 19.1 Å². The average Bonchev–Trinajstić information content (AvgIpc) is 3.15. The summed E-state index contributed by atoms with van der Waals surface area (Å²) in [6, 6.07) is 28.1. The Labute approximate surface area is 314 Å². The van der Waals surface area contributed by atoms with E-state index in [0.717, 1.165) is 48.5 Å². The van der Waals surface area contributed by atoms with E-state index in [1.54, 1.807) is 49.5 Å². The predicted octanol–water partition coefficient (Wildman–Crippen LogP) is 9.49. The third kappa shape index (κ3) is 10.1. The highest BCUT2D eigenvalue weighted by atomic mass is 35.5. The van der Waals surface area contributed by atoms with Crippen molar-refractivity contribution in [3.8, 4) is 23.1 Å². The number of nitrogens with zero attached hydrogens (tertiary/aromatic N) is 3. The Balaban J connectivity index is 0.937. The molecule has 4 aromatic carbocycles. The first-order valence-corrected chi connectivity index (χ1v) is 17.9. The number of aromatic nitrogens is 1. The second-order valence-electron chi connectivity index (χ2n) is 12.7. The van der Waals surface area contributed by atoms with E-state index in [-0.39, 0.29) is 18.3 Å². The number of hydrogen-bond donors (Lipinski definition) is 0. The van der Waals surface area contributed by atoms with E-state index >= 15 is 0 Å². The highest BCUT2D eigenvalue weighted by Crippen LogP contribution is 2.34. The van der Waals surface area contributed by atoms with Gasteiger partial charge in [0.15, 0.2) is 5.75 Å². The lowest BCUT2D eigenvalue weighted by Gasteiger charge is -2.34. The fourth-order valence-corrected chi connectivity index (χ4v) is 6.30. The fourth-order valence-electron chi connectivity index (χ4n) is 5.86. The summed E-state index contributed by atoms with van der Waals surface area (Å²) >= 11 is 12.6. The highest BCUT2D eigenvalue weighted by molar-refractivity contribution is 6.32. The van der Waals surface area contributed by atoms with E-state index in [1.165, 1.54) is 17.2 Å². The van der Waals surface area contributed by atoms with Crippen LogP contribution in [0, 0.1) is 19.7 Å². The Morgan fingerprint density at radius 2 is 1.60 bits per heavy atom. The minimum Gasteiger partial charge on any atom is -0.493 e. The Kier molecular flexibility index (Phi) is 12.5. The molecule has 0 N–H and O–H groups in total. The van der Waals surface area contributed by atoms with Gasteiger partial charge in [-0.3, -0.25) is 9.69 Å². The van der Waals surface area contributed by atoms with Crippen LogP contribution in [0.2, 0.25) is 10.0 Å². The molecule has 52 heavy (non-hydrogen) atoms. The smallest absolute Gasteiger partial charge is 0.246 e. The second kappa shape index (κ2) is 17.6. The van der Waals surface area contributed by atoms with Crippen LogP contribution in [0.4, 0.5) is 4.39 Å². The molecule has 6 rings (SSSR count). The number of carbonyl (C=O) groups is 1. The topological polar surface area (TPSA) is 64.1 Å². The SMILES string of the molecule is Cc1cc(/C=C/C(=O)N2CCN(Cc3ccc(CCOc4ccc(Cl)cc4)cc3)CC2)cc(Cl)c1Oc1ccc(OCc2cccc(F)c2C)cn1. The number of halogens is 3. The molecule has 0 unspecified atom stereocenters. The maximum atomic E-state index is 13.8. The summed E-state index contributed by atoms with van der Waals surface area (Å²) in [5.74, 6) is 1.89. The number of rotatable bonds is 13. The van der Waals surface area contributed by atoms with Crippen LogP contribution < -0.4 is 14.2 Å². The minimum absolute atomic E-state index is 0.0296. The van der Waals surface area contributed by atoms with Crippen LogP contribution in [-0.4, -0.2) is 53.5 Å². The minimum atomic E-state index is -0.263. The first-order valence-electron chi connectivity index (χ1n) is 17.2. The molecule has 5 aromatic rings. The summed E-state index contributed by atoms with van der Waals surface area (Å²) in [4.78, 5) is 21.6. The molecule has 0 spiro atoms. The zero-order valence-electron chi connectivity index (χ0n) is 29.2. The van der Waals surface area contributed by atoms with Crippen molar-refractivity contribution in [1.82, 2.24) is 14.8 Å². The summed E-state index contributed by atoms with van der Waals surface area (Å²) in [7, 11) is 0. The Morgan fingerprint density at radius 1 is 0.865 bits per heavy atom. The molecule has 1 aliphatic rings. The lowest BCUT2D eigenvalue weighted by atomic mass is 10.1. The highest BCUT2D eigenvalue weighted by Gasteiger charge is 2.20. The molecule has 2 heterocycles. The van der Waals surface area contributed by atoms with Crippen molar-refractivity contribution in [2.75, 3.05) is 32.8 Å². The van der Waals surface area contributed by atoms with Gasteiger partial charge in [-0.05, 0) is 102 Å². The molecule has 0 atom stereocenters. The van der Waals surface area contributed by atoms with Crippen molar-refractivity contribution < 1.29 is 23.4 Å². The number of piperazine rings is 1. The number of amides is 1. The van der Waals surface area contributed by atoms with Crippen molar-refractivity contribution in [2.24, 2.45) is 0 Å². The van der Waals surface area contributed by atoms with Crippen LogP contribution in [-0.2, 0) is 24.4 Å². The molecule has 1 amide bonds. The summed E-state index contributed by atoms with van der Waals surface area (Å²) in [5.41, 5.74) is 5.40. The Morgan fingerprint density at radius 3 is 2.31 bits per heavy atom. The Hall–Kier alpha value is -4.89. The van der Waals surface area contributed by atoms with Crippen LogP contribution in [0.1, 0.15) is 33.4 Å². The predicted molar refractivity (Wildman–Crippen MR) is 204 cm³/mol. The first-order chi connectivity index (χ1) is 25.2. The number of carbonyl (C=O) groups excluding carboxylic acids is 1. The monoisotopic (exact) mass is 739 g/mol. The molecule has 0 aliphatic carbocycles. The average molecular weight is 741 g/mol. The van der Waals surface area contributed by atoms with Crippen molar-refractivity contribution >= 4 is 35.2 Å². The maximum Gasteiger partial charge on any atom is 0.246 e. The maximum absolute atomic E-state index is 13.8. The normalized spacial score (nSPS) is 13.4. The van der Waals surface area contributed by atoms with Crippen LogP contribution in [0.3, 0.4) is 0 Å². The van der Waals surface area contributed by atoms with E-state index in [2.05, 4.69) is 34.1 Å². The van der Waals surface area contributed by atoms with Gasteiger partial charge in [0.05, 0.1) is 17.8 Å². The van der Waals surface area contributed by atoms with Crippen molar-refractivity contribution in [3.63, 3.8) is 0 Å². The lowest BCUT2D eigenvalue weighted by molar-refractivity contribution is -0.127. The molecule has 1 aromatic heterocycles. The van der Waals surface area contributed by atoms with Gasteiger partial charge in [0, 0.05) is 56.3 Å². The summed E-state index contributed by atoms with van der Waals surface area (Å²) in [6.45, 7) is 8.23. The first kappa shape index (κ1) is 36.9. The number of hydrogen-bond acceptors (Lipinski definition) is 6. The zero-order chi connectivity index (χ0) is 36.5. The van der Waals surface area contributed by atoms with Gasteiger partial charge >= 0.3 is 0 Å².